The SMILES string of the molecule is CCOc1ccc(C(=O)CCC(=O)OCc2occc2C(=O)OC)cc1. The van der Waals surface area contributed by atoms with Gasteiger partial charge in [0.1, 0.15) is 17.9 Å². The Morgan fingerprint density at radius 1 is 1.04 bits per heavy atom. The van der Waals surface area contributed by atoms with Crippen LogP contribution in [0.4, 0.5) is 0 Å². The van der Waals surface area contributed by atoms with Crippen LogP contribution in [0.5, 0.6) is 5.75 Å². The van der Waals surface area contributed by atoms with Crippen molar-refractivity contribution in [2.75, 3.05) is 13.7 Å². The molecule has 0 N–H and O–H groups in total. The third-order valence-corrected chi connectivity index (χ3v) is 3.56. The van der Waals surface area contributed by atoms with Gasteiger partial charge in [-0.15, -0.1) is 0 Å². The summed E-state index contributed by atoms with van der Waals surface area (Å²) in [5, 5.41) is 0. The summed E-state index contributed by atoms with van der Waals surface area (Å²) in [5.41, 5.74) is 0.700. The first kappa shape index (κ1) is 19.2. The molecule has 0 spiro atoms. The van der Waals surface area contributed by atoms with E-state index in [1.165, 1.54) is 19.4 Å². The molecule has 0 unspecified atom stereocenters. The Labute approximate surface area is 150 Å². The van der Waals surface area contributed by atoms with Gasteiger partial charge in [0.15, 0.2) is 11.5 Å². The minimum Gasteiger partial charge on any atom is -0.494 e. The number of carbonyl (C=O) groups excluding carboxylic acids is 3. The molecular weight excluding hydrogens is 340 g/mol. The van der Waals surface area contributed by atoms with Crippen LogP contribution in [0, 0.1) is 0 Å². The van der Waals surface area contributed by atoms with E-state index >= 15 is 0 Å². The summed E-state index contributed by atoms with van der Waals surface area (Å²) in [4.78, 5) is 35.4. The van der Waals surface area contributed by atoms with Crippen molar-refractivity contribution >= 4 is 17.7 Å². The summed E-state index contributed by atoms with van der Waals surface area (Å²) < 4.78 is 20.1. The van der Waals surface area contributed by atoms with E-state index < -0.39 is 11.9 Å². The standard InChI is InChI=1S/C19H20O7/c1-3-24-14-6-4-13(5-7-14)16(20)8-9-18(21)26-12-17-15(10-11-25-17)19(22)23-2/h4-7,10-11H,3,8-9,12H2,1-2H3. The first-order valence-electron chi connectivity index (χ1n) is 8.11. The summed E-state index contributed by atoms with van der Waals surface area (Å²) in [5.74, 6) is -0.420. The lowest BCUT2D eigenvalue weighted by Gasteiger charge is -2.06. The molecule has 0 radical (unpaired) electrons. The number of Topliss-reactive ketones (excluding diaryl/α,β-unsaturated/α-hetero) is 1. The van der Waals surface area contributed by atoms with Gasteiger partial charge in [-0.2, -0.15) is 0 Å². The Bertz CT molecular complexity index is 758. The molecule has 26 heavy (non-hydrogen) atoms. The summed E-state index contributed by atoms with van der Waals surface area (Å²) >= 11 is 0. The van der Waals surface area contributed by atoms with Gasteiger partial charge in [-0.3, -0.25) is 9.59 Å². The second-order valence-corrected chi connectivity index (χ2v) is 5.29. The van der Waals surface area contributed by atoms with Gasteiger partial charge >= 0.3 is 11.9 Å². The molecule has 0 fully saturated rings. The number of hydrogen-bond acceptors (Lipinski definition) is 7. The molecule has 1 aromatic heterocycles. The third-order valence-electron chi connectivity index (χ3n) is 3.56. The fourth-order valence-electron chi connectivity index (χ4n) is 2.23. The zero-order valence-corrected chi connectivity index (χ0v) is 14.7. The quantitative estimate of drug-likeness (QED) is 0.501. The van der Waals surface area contributed by atoms with Gasteiger partial charge in [0.05, 0.1) is 26.4 Å². The maximum atomic E-state index is 12.1. The van der Waals surface area contributed by atoms with Gasteiger partial charge < -0.3 is 18.6 Å². The number of ketones is 1. The molecular formula is C19H20O7. The third kappa shape index (κ3) is 5.20. The molecule has 0 bridgehead atoms. The largest absolute Gasteiger partial charge is 0.494 e. The molecule has 2 rings (SSSR count). The molecule has 2 aromatic rings. The lowest BCUT2D eigenvalue weighted by atomic mass is 10.1. The normalized spacial score (nSPS) is 10.2. The Hall–Kier alpha value is -3.09. The van der Waals surface area contributed by atoms with E-state index in [-0.39, 0.29) is 36.6 Å². The number of ether oxygens (including phenoxy) is 3. The molecule has 1 heterocycles. The molecule has 0 aliphatic carbocycles. The molecule has 0 saturated carbocycles. The molecule has 7 heteroatoms. The van der Waals surface area contributed by atoms with Crippen molar-refractivity contribution in [2.45, 2.75) is 26.4 Å². The first-order valence-corrected chi connectivity index (χ1v) is 8.11. The van der Waals surface area contributed by atoms with Crippen molar-refractivity contribution in [3.05, 3.63) is 53.5 Å². The lowest BCUT2D eigenvalue weighted by molar-refractivity contribution is -0.145. The van der Waals surface area contributed by atoms with Crippen molar-refractivity contribution in [1.29, 1.82) is 0 Å². The maximum absolute atomic E-state index is 12.1. The Balaban J connectivity index is 1.80. The van der Waals surface area contributed by atoms with Crippen LogP contribution in [0.15, 0.2) is 41.0 Å². The van der Waals surface area contributed by atoms with Crippen LogP contribution >= 0.6 is 0 Å². The molecule has 0 atom stereocenters. The highest BCUT2D eigenvalue weighted by molar-refractivity contribution is 5.97. The second kappa shape index (κ2) is 9.41. The number of benzene rings is 1. The highest BCUT2D eigenvalue weighted by Gasteiger charge is 2.17. The lowest BCUT2D eigenvalue weighted by Crippen LogP contribution is -2.10. The predicted molar refractivity (Wildman–Crippen MR) is 91.0 cm³/mol. The van der Waals surface area contributed by atoms with Gasteiger partial charge in [0.2, 0.25) is 0 Å². The number of carbonyl (C=O) groups is 3. The molecule has 0 saturated heterocycles. The Morgan fingerprint density at radius 2 is 1.77 bits per heavy atom. The minimum absolute atomic E-state index is 0.0226. The van der Waals surface area contributed by atoms with Crippen molar-refractivity contribution in [3.63, 3.8) is 0 Å². The zero-order chi connectivity index (χ0) is 18.9. The van der Waals surface area contributed by atoms with Crippen LogP contribution in [0.1, 0.15) is 46.2 Å². The average molecular weight is 360 g/mol. The van der Waals surface area contributed by atoms with Crippen molar-refractivity contribution < 1.29 is 33.0 Å². The predicted octanol–water partition coefficient (Wildman–Crippen LogP) is 3.17. The molecule has 1 aromatic carbocycles. The Kier molecular flexibility index (Phi) is 6.96. The van der Waals surface area contributed by atoms with Gasteiger partial charge in [0, 0.05) is 12.0 Å². The average Bonchev–Trinajstić information content (AvgIpc) is 3.13. The fraction of sp³-hybridized carbons (Fsp3) is 0.316. The summed E-state index contributed by atoms with van der Waals surface area (Å²) in [6.07, 6.45) is 1.26. The van der Waals surface area contributed by atoms with E-state index in [2.05, 4.69) is 4.74 Å². The van der Waals surface area contributed by atoms with Crippen LogP contribution in [0.2, 0.25) is 0 Å². The molecule has 7 nitrogen and oxygen atoms in total. The number of furan rings is 1. The highest BCUT2D eigenvalue weighted by atomic mass is 16.5. The van der Waals surface area contributed by atoms with Crippen LogP contribution in [-0.4, -0.2) is 31.4 Å². The monoisotopic (exact) mass is 360 g/mol. The highest BCUT2D eigenvalue weighted by Crippen LogP contribution is 2.15. The van der Waals surface area contributed by atoms with E-state index in [0.717, 1.165) is 0 Å². The zero-order valence-electron chi connectivity index (χ0n) is 14.7. The molecule has 0 amide bonds. The van der Waals surface area contributed by atoms with Crippen LogP contribution in [-0.2, 0) is 20.9 Å². The molecule has 0 aliphatic rings. The van der Waals surface area contributed by atoms with Gasteiger partial charge in [-0.05, 0) is 37.3 Å². The van der Waals surface area contributed by atoms with E-state index in [1.807, 2.05) is 6.92 Å². The van der Waals surface area contributed by atoms with E-state index in [0.29, 0.717) is 17.9 Å². The number of methoxy groups -OCH3 is 1. The number of hydrogen-bond donors (Lipinski definition) is 0. The van der Waals surface area contributed by atoms with Crippen molar-refractivity contribution in [3.8, 4) is 5.75 Å². The maximum Gasteiger partial charge on any atom is 0.341 e. The van der Waals surface area contributed by atoms with Gasteiger partial charge in [-0.25, -0.2) is 4.79 Å². The van der Waals surface area contributed by atoms with Crippen molar-refractivity contribution in [1.82, 2.24) is 0 Å². The second-order valence-electron chi connectivity index (χ2n) is 5.29. The van der Waals surface area contributed by atoms with Gasteiger partial charge in [0.25, 0.3) is 0 Å². The summed E-state index contributed by atoms with van der Waals surface area (Å²) in [7, 11) is 1.25. The fourth-order valence-corrected chi connectivity index (χ4v) is 2.23. The Morgan fingerprint density at radius 3 is 2.42 bits per heavy atom. The molecule has 138 valence electrons. The number of esters is 2. The van der Waals surface area contributed by atoms with Crippen LogP contribution in [0.3, 0.4) is 0 Å². The molecule has 0 aliphatic heterocycles. The first-order chi connectivity index (χ1) is 12.5. The topological polar surface area (TPSA) is 92.0 Å². The smallest absolute Gasteiger partial charge is 0.341 e. The number of rotatable bonds is 9. The minimum atomic E-state index is -0.574. The van der Waals surface area contributed by atoms with Crippen molar-refractivity contribution in [2.24, 2.45) is 0 Å². The van der Waals surface area contributed by atoms with Crippen LogP contribution < -0.4 is 4.74 Å². The van der Waals surface area contributed by atoms with E-state index in [1.54, 1.807) is 24.3 Å². The van der Waals surface area contributed by atoms with Gasteiger partial charge in [-0.1, -0.05) is 0 Å². The summed E-state index contributed by atoms with van der Waals surface area (Å²) in [6.45, 7) is 2.22. The van der Waals surface area contributed by atoms with E-state index in [9.17, 15) is 14.4 Å². The summed E-state index contributed by atoms with van der Waals surface area (Å²) in [6, 6.07) is 8.17. The van der Waals surface area contributed by atoms with Crippen LogP contribution in [0.25, 0.3) is 0 Å². The van der Waals surface area contributed by atoms with E-state index in [4.69, 9.17) is 13.9 Å².